The predicted molar refractivity (Wildman–Crippen MR) is 74.5 cm³/mol. The van der Waals surface area contributed by atoms with E-state index < -0.39 is 0 Å². The average molecular weight is 313 g/mol. The maximum Gasteiger partial charge on any atom is 0.234 e. The van der Waals surface area contributed by atoms with Crippen LogP contribution in [0.4, 0.5) is 0 Å². The van der Waals surface area contributed by atoms with Crippen molar-refractivity contribution in [2.24, 2.45) is 0 Å². The highest BCUT2D eigenvalue weighted by Gasteiger charge is 2.12. The van der Waals surface area contributed by atoms with E-state index in [0.717, 1.165) is 21.6 Å². The number of benzene rings is 1. The minimum absolute atomic E-state index is 0.0201. The van der Waals surface area contributed by atoms with Crippen molar-refractivity contribution in [3.63, 3.8) is 0 Å². The zero-order chi connectivity index (χ0) is 12.3. The van der Waals surface area contributed by atoms with Crippen molar-refractivity contribution >= 4 is 43.4 Å². The van der Waals surface area contributed by atoms with Gasteiger partial charge in [0.05, 0.1) is 21.6 Å². The van der Waals surface area contributed by atoms with E-state index in [-0.39, 0.29) is 10.7 Å². The molecule has 1 atom stereocenters. The Morgan fingerprint density at radius 2 is 2.29 bits per heavy atom. The number of fused-ring (bicyclic) bond motifs is 1. The predicted octanol–water partition coefficient (Wildman–Crippen LogP) is 3.09. The van der Waals surface area contributed by atoms with Gasteiger partial charge in [-0.15, -0.1) is 11.3 Å². The number of aromatic nitrogens is 1. The molecule has 1 amide bonds. The number of thiazole rings is 1. The molecule has 0 spiro atoms. The summed E-state index contributed by atoms with van der Waals surface area (Å²) in [6, 6.07) is 7.98. The lowest BCUT2D eigenvalue weighted by atomic mass is 10.3. The van der Waals surface area contributed by atoms with Crippen molar-refractivity contribution < 1.29 is 4.79 Å². The number of hydrogen-bond acceptors (Lipinski definition) is 3. The second kappa shape index (κ2) is 5.60. The summed E-state index contributed by atoms with van der Waals surface area (Å²) in [7, 11) is 0. The topological polar surface area (TPSA) is 42.0 Å². The lowest BCUT2D eigenvalue weighted by molar-refractivity contribution is -0.120. The first kappa shape index (κ1) is 12.5. The molecule has 2 aromatic rings. The summed E-state index contributed by atoms with van der Waals surface area (Å²) in [5.41, 5.74) is 0.993. The summed E-state index contributed by atoms with van der Waals surface area (Å²) in [4.78, 5) is 15.9. The van der Waals surface area contributed by atoms with E-state index >= 15 is 0 Å². The van der Waals surface area contributed by atoms with Crippen LogP contribution in [-0.2, 0) is 11.3 Å². The van der Waals surface area contributed by atoms with Gasteiger partial charge >= 0.3 is 0 Å². The van der Waals surface area contributed by atoms with E-state index in [0.29, 0.717) is 6.54 Å². The molecule has 1 unspecified atom stereocenters. The van der Waals surface area contributed by atoms with E-state index in [2.05, 4.69) is 26.2 Å². The summed E-state index contributed by atoms with van der Waals surface area (Å²) in [5, 5.41) is 3.81. The number of para-hydroxylation sites is 1. The lowest BCUT2D eigenvalue weighted by Gasteiger charge is -2.06. The fourth-order valence-corrected chi connectivity index (χ4v) is 2.52. The Hall–Kier alpha value is -0.940. The third-order valence-electron chi connectivity index (χ3n) is 2.39. The summed E-state index contributed by atoms with van der Waals surface area (Å²) in [5.74, 6) is 0.0201. The molecule has 5 heteroatoms. The third kappa shape index (κ3) is 3.04. The summed E-state index contributed by atoms with van der Waals surface area (Å²) >= 11 is 4.94. The number of rotatable bonds is 4. The van der Waals surface area contributed by atoms with Crippen LogP contribution >= 0.6 is 27.3 Å². The Balaban J connectivity index is 2.02. The van der Waals surface area contributed by atoms with Crippen molar-refractivity contribution in [3.05, 3.63) is 29.3 Å². The number of carbonyl (C=O) groups excluding carboxylic acids is 1. The molecule has 1 heterocycles. The van der Waals surface area contributed by atoms with Gasteiger partial charge in [-0.3, -0.25) is 4.79 Å². The second-order valence-corrected chi connectivity index (χ2v) is 5.89. The number of carbonyl (C=O) groups is 1. The van der Waals surface area contributed by atoms with E-state index in [1.165, 1.54) is 0 Å². The lowest BCUT2D eigenvalue weighted by Crippen LogP contribution is -2.30. The summed E-state index contributed by atoms with van der Waals surface area (Å²) in [6.07, 6.45) is 0.783. The SMILES string of the molecule is CCC(Br)C(=O)NCc1nc2ccccc2s1. The van der Waals surface area contributed by atoms with Crippen LogP contribution in [0.3, 0.4) is 0 Å². The molecular formula is C12H13BrN2OS. The fraction of sp³-hybridized carbons (Fsp3) is 0.333. The van der Waals surface area contributed by atoms with Gasteiger partial charge in [-0.2, -0.15) is 0 Å². The molecule has 0 aliphatic rings. The summed E-state index contributed by atoms with van der Waals surface area (Å²) in [6.45, 7) is 2.47. The van der Waals surface area contributed by atoms with Crippen molar-refractivity contribution in [3.8, 4) is 0 Å². The van der Waals surface area contributed by atoms with Gasteiger partial charge in [0.1, 0.15) is 5.01 Å². The van der Waals surface area contributed by atoms with Gasteiger partial charge in [0.15, 0.2) is 0 Å². The van der Waals surface area contributed by atoms with Gasteiger partial charge in [0.2, 0.25) is 5.91 Å². The fourth-order valence-electron chi connectivity index (χ4n) is 1.45. The van der Waals surface area contributed by atoms with Gasteiger partial charge in [-0.1, -0.05) is 35.0 Å². The standard InChI is InChI=1S/C12H13BrN2OS/c1-2-8(13)12(16)14-7-11-15-9-5-3-4-6-10(9)17-11/h3-6,8H,2,7H2,1H3,(H,14,16). The smallest absolute Gasteiger partial charge is 0.234 e. The van der Waals surface area contributed by atoms with Gasteiger partial charge in [-0.05, 0) is 18.6 Å². The first-order chi connectivity index (χ1) is 8.20. The molecule has 0 aliphatic heterocycles. The first-order valence-electron chi connectivity index (χ1n) is 5.47. The normalized spacial score (nSPS) is 12.6. The van der Waals surface area contributed by atoms with Gasteiger partial charge in [0, 0.05) is 0 Å². The Kier molecular flexibility index (Phi) is 4.12. The average Bonchev–Trinajstić information content (AvgIpc) is 2.77. The highest BCUT2D eigenvalue weighted by molar-refractivity contribution is 9.10. The van der Waals surface area contributed by atoms with Crippen LogP contribution in [0.1, 0.15) is 18.4 Å². The van der Waals surface area contributed by atoms with Gasteiger partial charge < -0.3 is 5.32 Å². The number of halogens is 1. The van der Waals surface area contributed by atoms with Gasteiger partial charge in [-0.25, -0.2) is 4.98 Å². The van der Waals surface area contributed by atoms with Crippen LogP contribution in [0.5, 0.6) is 0 Å². The van der Waals surface area contributed by atoms with E-state index in [9.17, 15) is 4.79 Å². The number of amides is 1. The van der Waals surface area contributed by atoms with Crippen LogP contribution in [0.2, 0.25) is 0 Å². The molecule has 1 N–H and O–H groups in total. The molecule has 0 aliphatic carbocycles. The minimum atomic E-state index is -0.114. The molecule has 1 aromatic carbocycles. The van der Waals surface area contributed by atoms with Crippen molar-refractivity contribution in [2.45, 2.75) is 24.7 Å². The molecule has 0 bridgehead atoms. The van der Waals surface area contributed by atoms with Crippen molar-refractivity contribution in [1.82, 2.24) is 10.3 Å². The molecule has 17 heavy (non-hydrogen) atoms. The van der Waals surface area contributed by atoms with Crippen molar-refractivity contribution in [2.75, 3.05) is 0 Å². The number of nitrogens with one attached hydrogen (secondary N) is 1. The molecule has 0 radical (unpaired) electrons. The van der Waals surface area contributed by atoms with E-state index in [4.69, 9.17) is 0 Å². The quantitative estimate of drug-likeness (QED) is 0.881. The first-order valence-corrected chi connectivity index (χ1v) is 7.20. The number of hydrogen-bond donors (Lipinski definition) is 1. The largest absolute Gasteiger partial charge is 0.349 e. The molecule has 1 aromatic heterocycles. The third-order valence-corrected chi connectivity index (χ3v) is 4.49. The highest BCUT2D eigenvalue weighted by atomic mass is 79.9. The molecule has 0 fully saturated rings. The second-order valence-electron chi connectivity index (χ2n) is 3.67. The Morgan fingerprint density at radius 3 is 3.00 bits per heavy atom. The van der Waals surface area contributed by atoms with Crippen LogP contribution in [0.25, 0.3) is 10.2 Å². The molecular weight excluding hydrogens is 300 g/mol. The van der Waals surface area contributed by atoms with E-state index in [1.54, 1.807) is 11.3 Å². The molecule has 0 saturated carbocycles. The van der Waals surface area contributed by atoms with Crippen LogP contribution < -0.4 is 5.32 Å². The van der Waals surface area contributed by atoms with Gasteiger partial charge in [0.25, 0.3) is 0 Å². The highest BCUT2D eigenvalue weighted by Crippen LogP contribution is 2.21. The van der Waals surface area contributed by atoms with Crippen LogP contribution in [0, 0.1) is 0 Å². The minimum Gasteiger partial charge on any atom is -0.349 e. The Bertz CT molecular complexity index is 493. The van der Waals surface area contributed by atoms with E-state index in [1.807, 2.05) is 31.2 Å². The molecule has 2 rings (SSSR count). The van der Waals surface area contributed by atoms with Crippen LogP contribution in [0.15, 0.2) is 24.3 Å². The Labute approximate surface area is 112 Å². The van der Waals surface area contributed by atoms with Crippen molar-refractivity contribution in [1.29, 1.82) is 0 Å². The van der Waals surface area contributed by atoms with Crippen LogP contribution in [-0.4, -0.2) is 15.7 Å². The maximum atomic E-state index is 11.6. The Morgan fingerprint density at radius 1 is 1.53 bits per heavy atom. The number of nitrogens with zero attached hydrogens (tertiary/aromatic N) is 1. The molecule has 0 saturated heterocycles. The number of alkyl halides is 1. The summed E-state index contributed by atoms with van der Waals surface area (Å²) < 4.78 is 1.16. The maximum absolute atomic E-state index is 11.6. The molecule has 3 nitrogen and oxygen atoms in total. The zero-order valence-electron chi connectivity index (χ0n) is 9.44. The molecule has 90 valence electrons. The monoisotopic (exact) mass is 312 g/mol. The zero-order valence-corrected chi connectivity index (χ0v) is 11.8.